The van der Waals surface area contributed by atoms with Gasteiger partial charge in [-0.05, 0) is 61.4 Å². The first-order chi connectivity index (χ1) is 13.4. The summed E-state index contributed by atoms with van der Waals surface area (Å²) in [5.74, 6) is 1.16. The number of hydrogen-bond donors (Lipinski definition) is 2. The van der Waals surface area contributed by atoms with E-state index in [0.29, 0.717) is 22.9 Å². The summed E-state index contributed by atoms with van der Waals surface area (Å²) >= 11 is 0. The predicted octanol–water partition coefficient (Wildman–Crippen LogP) is 3.97. The minimum Gasteiger partial charge on any atom is -0.456 e. The summed E-state index contributed by atoms with van der Waals surface area (Å²) in [6, 6.07) is 14.0. The van der Waals surface area contributed by atoms with Crippen LogP contribution in [-0.4, -0.2) is 29.3 Å². The van der Waals surface area contributed by atoms with Crippen molar-refractivity contribution in [1.82, 2.24) is 0 Å². The summed E-state index contributed by atoms with van der Waals surface area (Å²) in [4.78, 5) is 0. The summed E-state index contributed by atoms with van der Waals surface area (Å²) in [5, 5.41) is 0. The van der Waals surface area contributed by atoms with Crippen LogP contribution >= 0.6 is 0 Å². The summed E-state index contributed by atoms with van der Waals surface area (Å²) in [7, 11) is -6.78. The third-order valence-electron chi connectivity index (χ3n) is 4.22. The van der Waals surface area contributed by atoms with Crippen molar-refractivity contribution in [3.63, 3.8) is 0 Å². The van der Waals surface area contributed by atoms with Gasteiger partial charge in [0.1, 0.15) is 11.5 Å². The molecule has 0 aliphatic carbocycles. The van der Waals surface area contributed by atoms with Crippen LogP contribution in [0.2, 0.25) is 0 Å². The number of benzene rings is 2. The molecule has 3 rings (SSSR count). The topological polar surface area (TPSA) is 105 Å². The molecule has 2 aromatic carbocycles. The van der Waals surface area contributed by atoms with Crippen LogP contribution in [-0.2, 0) is 20.0 Å². The number of hydrogen-bond acceptors (Lipinski definition) is 5. The van der Waals surface area contributed by atoms with Gasteiger partial charge in [-0.1, -0.05) is 12.1 Å². The van der Waals surface area contributed by atoms with Gasteiger partial charge in [0.05, 0.1) is 12.5 Å². The largest absolute Gasteiger partial charge is 0.456 e. The lowest BCUT2D eigenvalue weighted by Crippen LogP contribution is -2.09. The molecule has 0 spiro atoms. The molecule has 0 aliphatic rings. The average Bonchev–Trinajstić information content (AvgIpc) is 3.05. The molecule has 0 radical (unpaired) electrons. The Kier molecular flexibility index (Phi) is 5.46. The minimum atomic E-state index is -3.39. The van der Waals surface area contributed by atoms with E-state index in [-0.39, 0.29) is 0 Å². The normalized spacial score (nSPS) is 12.0. The summed E-state index contributed by atoms with van der Waals surface area (Å²) in [6.07, 6.45) is 2.19. The van der Waals surface area contributed by atoms with Crippen molar-refractivity contribution in [2.24, 2.45) is 0 Å². The first kappa shape index (κ1) is 20.9. The number of furan rings is 1. The fourth-order valence-corrected chi connectivity index (χ4v) is 4.07. The number of sulfonamides is 2. The zero-order valence-corrected chi connectivity index (χ0v) is 18.1. The van der Waals surface area contributed by atoms with Crippen LogP contribution in [0.3, 0.4) is 0 Å². The zero-order chi connectivity index (χ0) is 21.4. The summed E-state index contributed by atoms with van der Waals surface area (Å²) in [6.45, 7) is 3.81. The Bertz CT molecular complexity index is 1180. The highest BCUT2D eigenvalue weighted by molar-refractivity contribution is 7.92. The van der Waals surface area contributed by atoms with Gasteiger partial charge in [-0.3, -0.25) is 9.44 Å². The quantitative estimate of drug-likeness (QED) is 0.611. The molecule has 0 saturated carbocycles. The standard InChI is InChI=1S/C20H22N2O5S2/c1-13-5-7-15(21-28(3,23)24)11-17(13)19-9-10-20(27-19)18-12-16(8-6-14(18)2)22-29(4,25)26/h5-12,21-22H,1-4H3. The second kappa shape index (κ2) is 7.57. The van der Waals surface area contributed by atoms with Crippen LogP contribution < -0.4 is 9.44 Å². The second-order valence-corrected chi connectivity index (χ2v) is 10.5. The van der Waals surface area contributed by atoms with Crippen LogP contribution in [0.15, 0.2) is 52.9 Å². The Labute approximate surface area is 170 Å². The third kappa shape index (κ3) is 5.39. The Hall–Kier alpha value is -2.78. The number of rotatable bonds is 6. The molecule has 0 bridgehead atoms. The molecule has 29 heavy (non-hydrogen) atoms. The van der Waals surface area contributed by atoms with Gasteiger partial charge >= 0.3 is 0 Å². The first-order valence-corrected chi connectivity index (χ1v) is 12.5. The van der Waals surface area contributed by atoms with Crippen molar-refractivity contribution < 1.29 is 21.3 Å². The third-order valence-corrected chi connectivity index (χ3v) is 5.43. The molecule has 0 saturated heterocycles. The van der Waals surface area contributed by atoms with Crippen molar-refractivity contribution in [3.05, 3.63) is 59.7 Å². The molecule has 1 aromatic heterocycles. The first-order valence-electron chi connectivity index (χ1n) is 8.69. The number of anilines is 2. The SMILES string of the molecule is Cc1ccc(NS(C)(=O)=O)cc1-c1ccc(-c2cc(NS(C)(=O)=O)ccc2C)o1. The van der Waals surface area contributed by atoms with Gasteiger partial charge in [-0.2, -0.15) is 0 Å². The monoisotopic (exact) mass is 434 g/mol. The van der Waals surface area contributed by atoms with Gasteiger partial charge < -0.3 is 4.42 Å². The fourth-order valence-electron chi connectivity index (χ4n) is 2.96. The van der Waals surface area contributed by atoms with Crippen LogP contribution in [0, 0.1) is 13.8 Å². The lowest BCUT2D eigenvalue weighted by atomic mass is 10.1. The summed E-state index contributed by atoms with van der Waals surface area (Å²) in [5.41, 5.74) is 4.26. The smallest absolute Gasteiger partial charge is 0.229 e. The van der Waals surface area contributed by atoms with E-state index < -0.39 is 20.0 Å². The van der Waals surface area contributed by atoms with Crippen LogP contribution in [0.4, 0.5) is 11.4 Å². The van der Waals surface area contributed by atoms with Crippen molar-refractivity contribution in [2.75, 3.05) is 22.0 Å². The molecule has 1 heterocycles. The van der Waals surface area contributed by atoms with Gasteiger partial charge in [0.25, 0.3) is 0 Å². The van der Waals surface area contributed by atoms with Crippen LogP contribution in [0.25, 0.3) is 22.6 Å². The molecule has 2 N–H and O–H groups in total. The molecule has 7 nitrogen and oxygen atoms in total. The molecular weight excluding hydrogens is 412 g/mol. The van der Waals surface area contributed by atoms with E-state index in [2.05, 4.69) is 9.44 Å². The van der Waals surface area contributed by atoms with Crippen molar-refractivity contribution >= 4 is 31.4 Å². The van der Waals surface area contributed by atoms with E-state index in [1.54, 1.807) is 36.4 Å². The van der Waals surface area contributed by atoms with Gasteiger partial charge in [-0.25, -0.2) is 16.8 Å². The molecule has 0 fully saturated rings. The predicted molar refractivity (Wildman–Crippen MR) is 116 cm³/mol. The van der Waals surface area contributed by atoms with E-state index in [0.717, 1.165) is 34.8 Å². The molecule has 0 amide bonds. The van der Waals surface area contributed by atoms with E-state index in [4.69, 9.17) is 4.42 Å². The maximum absolute atomic E-state index is 11.5. The van der Waals surface area contributed by atoms with E-state index in [9.17, 15) is 16.8 Å². The van der Waals surface area contributed by atoms with Gasteiger partial charge in [0.2, 0.25) is 20.0 Å². The number of aryl methyl sites for hydroxylation is 2. The molecular formula is C20H22N2O5S2. The van der Waals surface area contributed by atoms with E-state index >= 15 is 0 Å². The lowest BCUT2D eigenvalue weighted by Gasteiger charge is -2.09. The van der Waals surface area contributed by atoms with Gasteiger partial charge in [0, 0.05) is 22.5 Å². The van der Waals surface area contributed by atoms with Gasteiger partial charge in [-0.15, -0.1) is 0 Å². The Morgan fingerprint density at radius 2 is 1.03 bits per heavy atom. The molecule has 0 unspecified atom stereocenters. The minimum absolute atomic E-state index is 0.446. The zero-order valence-electron chi connectivity index (χ0n) is 16.5. The molecule has 3 aromatic rings. The highest BCUT2D eigenvalue weighted by Crippen LogP contribution is 2.34. The van der Waals surface area contributed by atoms with Crippen molar-refractivity contribution in [2.45, 2.75) is 13.8 Å². The Balaban J connectivity index is 2.00. The maximum Gasteiger partial charge on any atom is 0.229 e. The molecule has 154 valence electrons. The summed E-state index contributed by atoms with van der Waals surface area (Å²) < 4.78 is 57.0. The van der Waals surface area contributed by atoms with Crippen molar-refractivity contribution in [1.29, 1.82) is 0 Å². The number of nitrogens with one attached hydrogen (secondary N) is 2. The molecule has 0 atom stereocenters. The molecule has 0 aliphatic heterocycles. The van der Waals surface area contributed by atoms with E-state index in [1.165, 1.54) is 0 Å². The average molecular weight is 435 g/mol. The second-order valence-electron chi connectivity index (χ2n) is 6.97. The van der Waals surface area contributed by atoms with Gasteiger partial charge in [0.15, 0.2) is 0 Å². The van der Waals surface area contributed by atoms with Crippen molar-refractivity contribution in [3.8, 4) is 22.6 Å². The van der Waals surface area contributed by atoms with E-state index in [1.807, 2.05) is 26.0 Å². The van der Waals surface area contributed by atoms with Crippen LogP contribution in [0.5, 0.6) is 0 Å². The lowest BCUT2D eigenvalue weighted by molar-refractivity contribution is 0.596. The Morgan fingerprint density at radius 3 is 1.38 bits per heavy atom. The fraction of sp³-hybridized carbons (Fsp3) is 0.200. The highest BCUT2D eigenvalue weighted by atomic mass is 32.2. The van der Waals surface area contributed by atoms with Crippen LogP contribution in [0.1, 0.15) is 11.1 Å². The maximum atomic E-state index is 11.5. The highest BCUT2D eigenvalue weighted by Gasteiger charge is 2.14. The molecule has 9 heteroatoms. The Morgan fingerprint density at radius 1 is 0.655 bits per heavy atom.